The Labute approximate surface area is 122 Å². The second kappa shape index (κ2) is 5.85. The smallest absolute Gasteiger partial charge is 0.0453 e. The van der Waals surface area contributed by atoms with Crippen molar-refractivity contribution in [2.75, 3.05) is 0 Å². The van der Waals surface area contributed by atoms with E-state index in [1.165, 1.54) is 24.8 Å². The lowest BCUT2D eigenvalue weighted by molar-refractivity contribution is 0.143. The molecule has 1 fully saturated rings. The van der Waals surface area contributed by atoms with Gasteiger partial charge < -0.3 is 5.32 Å². The molecule has 1 aromatic rings. The van der Waals surface area contributed by atoms with Gasteiger partial charge in [-0.25, -0.2) is 0 Å². The first-order valence-corrected chi connectivity index (χ1v) is 7.77. The van der Waals surface area contributed by atoms with Gasteiger partial charge in [0, 0.05) is 17.1 Å². The maximum atomic E-state index is 6.28. The normalized spacial score (nSPS) is 28.1. The van der Waals surface area contributed by atoms with Crippen LogP contribution in [0.15, 0.2) is 24.3 Å². The minimum absolute atomic E-state index is 0.322. The van der Waals surface area contributed by atoms with E-state index in [4.69, 9.17) is 11.6 Å². The average molecular weight is 280 g/mol. The van der Waals surface area contributed by atoms with Crippen molar-refractivity contribution in [1.29, 1.82) is 0 Å². The van der Waals surface area contributed by atoms with Gasteiger partial charge in [0.1, 0.15) is 0 Å². The summed E-state index contributed by atoms with van der Waals surface area (Å²) in [6.07, 6.45) is 3.88. The van der Waals surface area contributed by atoms with Gasteiger partial charge in [0.15, 0.2) is 0 Å². The fourth-order valence-electron chi connectivity index (χ4n) is 3.43. The van der Waals surface area contributed by atoms with E-state index >= 15 is 0 Å². The van der Waals surface area contributed by atoms with Crippen molar-refractivity contribution in [2.24, 2.45) is 11.3 Å². The first-order chi connectivity index (χ1) is 8.89. The van der Waals surface area contributed by atoms with E-state index in [1.54, 1.807) is 0 Å². The van der Waals surface area contributed by atoms with Crippen LogP contribution in [0.25, 0.3) is 0 Å². The fourth-order valence-corrected chi connectivity index (χ4v) is 3.73. The molecule has 1 nitrogen and oxygen atoms in total. The van der Waals surface area contributed by atoms with Gasteiger partial charge in [-0.15, -0.1) is 0 Å². The first-order valence-electron chi connectivity index (χ1n) is 7.39. The summed E-state index contributed by atoms with van der Waals surface area (Å²) in [5.74, 6) is 0.730. The zero-order valence-corrected chi connectivity index (χ0v) is 13.3. The molecular weight excluding hydrogens is 254 g/mol. The topological polar surface area (TPSA) is 12.0 Å². The average Bonchev–Trinajstić information content (AvgIpc) is 2.32. The third kappa shape index (κ3) is 3.73. The summed E-state index contributed by atoms with van der Waals surface area (Å²) in [4.78, 5) is 0. The Balaban J connectivity index is 2.00. The zero-order valence-electron chi connectivity index (χ0n) is 12.5. The van der Waals surface area contributed by atoms with Crippen LogP contribution in [0.4, 0.5) is 0 Å². The number of rotatable bonds is 3. The summed E-state index contributed by atoms with van der Waals surface area (Å²) in [5.41, 5.74) is 1.71. The van der Waals surface area contributed by atoms with E-state index < -0.39 is 0 Å². The van der Waals surface area contributed by atoms with Gasteiger partial charge in [0.2, 0.25) is 0 Å². The Morgan fingerprint density at radius 1 is 1.32 bits per heavy atom. The lowest BCUT2D eigenvalue weighted by atomic mass is 9.70. The van der Waals surface area contributed by atoms with Crippen LogP contribution in [-0.2, 0) is 0 Å². The summed E-state index contributed by atoms with van der Waals surface area (Å²) in [6.45, 7) is 9.36. The number of hydrogen-bond donors (Lipinski definition) is 1. The van der Waals surface area contributed by atoms with Crippen molar-refractivity contribution in [3.05, 3.63) is 34.9 Å². The lowest BCUT2D eigenvalue weighted by Crippen LogP contribution is -2.42. The monoisotopic (exact) mass is 279 g/mol. The van der Waals surface area contributed by atoms with Crippen molar-refractivity contribution in [1.82, 2.24) is 5.32 Å². The molecule has 0 saturated heterocycles. The van der Waals surface area contributed by atoms with E-state index in [0.717, 1.165) is 10.9 Å². The van der Waals surface area contributed by atoms with Crippen molar-refractivity contribution in [2.45, 2.75) is 59.0 Å². The van der Waals surface area contributed by atoms with Crippen LogP contribution < -0.4 is 5.32 Å². The Bertz CT molecular complexity index is 427. The Hall–Kier alpha value is -0.530. The zero-order chi connectivity index (χ0) is 14.0. The molecule has 0 aromatic heterocycles. The minimum Gasteiger partial charge on any atom is -0.307 e. The standard InChI is InChI=1S/C17H26ClN/c1-12-11-17(3,4)10-9-16(12)19-13(2)14-7-5-6-8-15(14)18/h5-8,12-13,16,19H,9-11H2,1-4H3. The molecule has 2 rings (SSSR count). The third-order valence-corrected chi connectivity index (χ3v) is 4.87. The number of hydrogen-bond acceptors (Lipinski definition) is 1. The minimum atomic E-state index is 0.322. The van der Waals surface area contributed by atoms with E-state index in [9.17, 15) is 0 Å². The third-order valence-electron chi connectivity index (χ3n) is 4.53. The molecule has 0 amide bonds. The highest BCUT2D eigenvalue weighted by Crippen LogP contribution is 2.39. The Kier molecular flexibility index (Phi) is 4.58. The fraction of sp³-hybridized carbons (Fsp3) is 0.647. The van der Waals surface area contributed by atoms with Gasteiger partial charge in [-0.3, -0.25) is 0 Å². The molecule has 1 aliphatic carbocycles. The van der Waals surface area contributed by atoms with E-state index in [2.05, 4.69) is 45.1 Å². The lowest BCUT2D eigenvalue weighted by Gasteiger charge is -2.41. The molecule has 1 saturated carbocycles. The molecule has 3 unspecified atom stereocenters. The molecule has 2 heteroatoms. The van der Waals surface area contributed by atoms with Crippen LogP contribution in [0.3, 0.4) is 0 Å². The van der Waals surface area contributed by atoms with Gasteiger partial charge in [-0.2, -0.15) is 0 Å². The maximum Gasteiger partial charge on any atom is 0.0453 e. The van der Waals surface area contributed by atoms with Crippen molar-refractivity contribution in [3.63, 3.8) is 0 Å². The van der Waals surface area contributed by atoms with Crippen LogP contribution in [0.2, 0.25) is 5.02 Å². The van der Waals surface area contributed by atoms with Gasteiger partial charge in [0.05, 0.1) is 0 Å². The van der Waals surface area contributed by atoms with Gasteiger partial charge >= 0.3 is 0 Å². The first kappa shape index (κ1) is 14.9. The molecular formula is C17H26ClN. The van der Waals surface area contributed by atoms with E-state index in [0.29, 0.717) is 17.5 Å². The maximum absolute atomic E-state index is 6.28. The highest BCUT2D eigenvalue weighted by Gasteiger charge is 2.32. The molecule has 19 heavy (non-hydrogen) atoms. The van der Waals surface area contributed by atoms with Crippen molar-refractivity contribution >= 4 is 11.6 Å². The number of nitrogens with one attached hydrogen (secondary N) is 1. The van der Waals surface area contributed by atoms with Gasteiger partial charge in [-0.1, -0.05) is 50.6 Å². The Morgan fingerprint density at radius 2 is 2.00 bits per heavy atom. The highest BCUT2D eigenvalue weighted by molar-refractivity contribution is 6.31. The molecule has 0 radical (unpaired) electrons. The summed E-state index contributed by atoms with van der Waals surface area (Å²) >= 11 is 6.28. The molecule has 0 bridgehead atoms. The molecule has 3 atom stereocenters. The van der Waals surface area contributed by atoms with Gasteiger partial charge in [0.25, 0.3) is 0 Å². The largest absolute Gasteiger partial charge is 0.307 e. The molecule has 1 aromatic carbocycles. The molecule has 1 aliphatic rings. The van der Waals surface area contributed by atoms with Crippen LogP contribution in [-0.4, -0.2) is 6.04 Å². The Morgan fingerprint density at radius 3 is 2.63 bits per heavy atom. The van der Waals surface area contributed by atoms with Crippen molar-refractivity contribution < 1.29 is 0 Å². The van der Waals surface area contributed by atoms with Crippen LogP contribution in [0, 0.1) is 11.3 Å². The van der Waals surface area contributed by atoms with Crippen LogP contribution in [0.1, 0.15) is 58.6 Å². The predicted octanol–water partition coefficient (Wildman–Crippen LogP) is 5.21. The summed E-state index contributed by atoms with van der Waals surface area (Å²) in [5, 5.41) is 4.65. The van der Waals surface area contributed by atoms with Crippen LogP contribution in [0.5, 0.6) is 0 Å². The van der Waals surface area contributed by atoms with Crippen LogP contribution >= 0.6 is 11.6 Å². The van der Waals surface area contributed by atoms with E-state index in [1.807, 2.05) is 12.1 Å². The van der Waals surface area contributed by atoms with E-state index in [-0.39, 0.29) is 0 Å². The number of benzene rings is 1. The molecule has 1 N–H and O–H groups in total. The summed E-state index contributed by atoms with van der Waals surface area (Å²) < 4.78 is 0. The second-order valence-corrected chi connectivity index (χ2v) is 7.31. The molecule has 106 valence electrons. The molecule has 0 aliphatic heterocycles. The van der Waals surface area contributed by atoms with Gasteiger partial charge in [-0.05, 0) is 49.1 Å². The molecule has 0 heterocycles. The predicted molar refractivity (Wildman–Crippen MR) is 83.6 cm³/mol. The quantitative estimate of drug-likeness (QED) is 0.801. The summed E-state index contributed by atoms with van der Waals surface area (Å²) in [6, 6.07) is 9.08. The SMILES string of the molecule is CC(NC1CCC(C)(C)CC1C)c1ccccc1Cl. The van der Waals surface area contributed by atoms with Crippen molar-refractivity contribution in [3.8, 4) is 0 Å². The second-order valence-electron chi connectivity index (χ2n) is 6.90. The molecule has 0 spiro atoms. The summed E-state index contributed by atoms with van der Waals surface area (Å²) in [7, 11) is 0. The highest BCUT2D eigenvalue weighted by atomic mass is 35.5. The number of halogens is 1.